The van der Waals surface area contributed by atoms with Crippen LogP contribution < -0.4 is 18.3 Å². The fraction of sp³-hybridized carbons (Fsp3) is 0.409. The average molecular weight is 431 g/mol. The molecule has 3 rings (SSSR count). The summed E-state index contributed by atoms with van der Waals surface area (Å²) in [6.07, 6.45) is -0.0712. The zero-order valence-electron chi connectivity index (χ0n) is 18.3. The molecule has 0 bridgehead atoms. The molecule has 1 aliphatic rings. The molecule has 0 spiro atoms. The van der Waals surface area contributed by atoms with Gasteiger partial charge in [-0.15, -0.1) is 0 Å². The molecule has 1 aliphatic heterocycles. The van der Waals surface area contributed by atoms with E-state index in [0.717, 1.165) is 11.3 Å². The average Bonchev–Trinajstić information content (AvgIpc) is 2.58. The molecule has 2 aromatic rings. The Morgan fingerprint density at radius 3 is 2.07 bits per heavy atom. The highest BCUT2D eigenvalue weighted by Crippen LogP contribution is 2.43. The van der Waals surface area contributed by atoms with Crippen LogP contribution in [0.15, 0.2) is 36.4 Å². The Bertz CT molecular complexity index is 895. The maximum absolute atomic E-state index is 13.1. The number of methoxy groups -OCH3 is 1. The number of hydrogen-bond acceptors (Lipinski definition) is 5. The molecule has 0 radical (unpaired) electrons. The normalized spacial score (nSPS) is 16.7. The van der Waals surface area contributed by atoms with Gasteiger partial charge in [0.2, 0.25) is 16.6 Å². The molecular weight excluding hydrogens is 400 g/mol. The molecule has 2 aromatic carbocycles. The molecule has 29 heavy (non-hydrogen) atoms. The van der Waals surface area contributed by atoms with Crippen molar-refractivity contribution in [1.29, 1.82) is 0 Å². The number of benzene rings is 2. The van der Waals surface area contributed by atoms with Crippen molar-refractivity contribution in [3.05, 3.63) is 47.5 Å². The van der Waals surface area contributed by atoms with Crippen molar-refractivity contribution in [3.8, 4) is 23.0 Å². The second-order valence-corrected chi connectivity index (χ2v) is 18.1. The van der Waals surface area contributed by atoms with Gasteiger partial charge in [0.15, 0.2) is 5.78 Å². The van der Waals surface area contributed by atoms with Gasteiger partial charge in [-0.3, -0.25) is 4.79 Å². The zero-order chi connectivity index (χ0) is 21.4. The van der Waals surface area contributed by atoms with E-state index in [-0.39, 0.29) is 18.3 Å². The van der Waals surface area contributed by atoms with E-state index in [1.165, 1.54) is 0 Å². The van der Waals surface area contributed by atoms with E-state index in [1.54, 1.807) is 7.11 Å². The van der Waals surface area contributed by atoms with Crippen LogP contribution in [0.5, 0.6) is 23.0 Å². The summed E-state index contributed by atoms with van der Waals surface area (Å²) in [6.45, 7) is 12.7. The first-order chi connectivity index (χ1) is 13.4. The Morgan fingerprint density at radius 2 is 1.52 bits per heavy atom. The van der Waals surface area contributed by atoms with Gasteiger partial charge in [-0.25, -0.2) is 0 Å². The highest BCUT2D eigenvalue weighted by atomic mass is 28.4. The number of fused-ring (bicyclic) bond motifs is 1. The second kappa shape index (κ2) is 7.87. The molecule has 0 saturated heterocycles. The molecule has 156 valence electrons. The maximum atomic E-state index is 13.1. The minimum Gasteiger partial charge on any atom is -0.544 e. The number of carbonyl (C=O) groups is 1. The van der Waals surface area contributed by atoms with Crippen molar-refractivity contribution in [3.63, 3.8) is 0 Å². The van der Waals surface area contributed by atoms with Gasteiger partial charge in [0.05, 0.1) is 13.5 Å². The van der Waals surface area contributed by atoms with E-state index in [0.29, 0.717) is 22.8 Å². The third-order valence-electron chi connectivity index (χ3n) is 4.29. The van der Waals surface area contributed by atoms with Gasteiger partial charge in [-0.05, 0) is 57.0 Å². The number of Topliss-reactive ketones (excluding diaryl/α,β-unsaturated/α-hetero) is 1. The van der Waals surface area contributed by atoms with E-state index in [2.05, 4.69) is 39.3 Å². The highest BCUT2D eigenvalue weighted by molar-refractivity contribution is 6.71. The van der Waals surface area contributed by atoms with Crippen LogP contribution in [0.3, 0.4) is 0 Å². The lowest BCUT2D eigenvalue weighted by atomic mass is 9.95. The molecule has 7 heteroatoms. The minimum absolute atomic E-state index is 0.0277. The molecule has 0 aromatic heterocycles. The van der Waals surface area contributed by atoms with Crippen LogP contribution in [0.1, 0.15) is 28.4 Å². The first-order valence-electron chi connectivity index (χ1n) is 9.85. The molecule has 0 saturated carbocycles. The van der Waals surface area contributed by atoms with Gasteiger partial charge in [0, 0.05) is 12.1 Å². The summed E-state index contributed by atoms with van der Waals surface area (Å²) < 4.78 is 24.0. The molecule has 1 unspecified atom stereocenters. The van der Waals surface area contributed by atoms with Crippen LogP contribution in [0.4, 0.5) is 0 Å². The maximum Gasteiger partial charge on any atom is 0.242 e. The monoisotopic (exact) mass is 430 g/mol. The van der Waals surface area contributed by atoms with E-state index < -0.39 is 16.6 Å². The van der Waals surface area contributed by atoms with Gasteiger partial charge in [0.25, 0.3) is 0 Å². The van der Waals surface area contributed by atoms with Crippen LogP contribution >= 0.6 is 0 Å². The van der Waals surface area contributed by atoms with Crippen molar-refractivity contribution in [2.45, 2.75) is 51.8 Å². The lowest BCUT2D eigenvalue weighted by Crippen LogP contribution is -2.32. The van der Waals surface area contributed by atoms with Gasteiger partial charge in [0.1, 0.15) is 34.7 Å². The molecule has 0 fully saturated rings. The van der Waals surface area contributed by atoms with Crippen molar-refractivity contribution >= 4 is 22.4 Å². The molecule has 5 nitrogen and oxygen atoms in total. The standard InChI is InChI=1S/C22H30O5Si2/c1-24-16-10-8-15(9-11-16)19-14-18(23)22-20(25-19)12-17(26-28(2,3)4)13-21(22)27-29(5,6)7/h8-13,19H,14H2,1-7H3. The number of ketones is 1. The summed E-state index contributed by atoms with van der Waals surface area (Å²) in [5.41, 5.74) is 1.47. The van der Waals surface area contributed by atoms with Crippen LogP contribution in [0.25, 0.3) is 0 Å². The van der Waals surface area contributed by atoms with Crippen LogP contribution in [0.2, 0.25) is 39.3 Å². The smallest absolute Gasteiger partial charge is 0.242 e. The minimum atomic E-state index is -1.93. The quantitative estimate of drug-likeness (QED) is 0.540. The summed E-state index contributed by atoms with van der Waals surface area (Å²) in [5.74, 6) is 2.60. The Labute approximate surface area is 175 Å². The van der Waals surface area contributed by atoms with Gasteiger partial charge in [-0.1, -0.05) is 12.1 Å². The lowest BCUT2D eigenvalue weighted by Gasteiger charge is -2.30. The molecular formula is C22H30O5Si2. The largest absolute Gasteiger partial charge is 0.544 e. The highest BCUT2D eigenvalue weighted by Gasteiger charge is 2.33. The third-order valence-corrected chi connectivity index (χ3v) is 5.97. The predicted molar refractivity (Wildman–Crippen MR) is 120 cm³/mol. The number of carbonyl (C=O) groups excluding carboxylic acids is 1. The Balaban J connectivity index is 2.01. The van der Waals surface area contributed by atoms with Crippen molar-refractivity contribution in [2.24, 2.45) is 0 Å². The molecule has 1 heterocycles. The number of rotatable bonds is 6. The van der Waals surface area contributed by atoms with Crippen molar-refractivity contribution < 1.29 is 23.1 Å². The Hall–Kier alpha value is -2.26. The van der Waals surface area contributed by atoms with Crippen molar-refractivity contribution in [1.82, 2.24) is 0 Å². The summed E-state index contributed by atoms with van der Waals surface area (Å²) in [5, 5.41) is 0. The number of ether oxygens (including phenoxy) is 2. The first kappa shape index (κ1) is 21.5. The van der Waals surface area contributed by atoms with Gasteiger partial charge >= 0.3 is 0 Å². The topological polar surface area (TPSA) is 54.0 Å². The van der Waals surface area contributed by atoms with E-state index in [1.807, 2.05) is 36.4 Å². The number of hydrogen-bond donors (Lipinski definition) is 0. The van der Waals surface area contributed by atoms with Crippen molar-refractivity contribution in [2.75, 3.05) is 7.11 Å². The molecule has 0 amide bonds. The Morgan fingerprint density at radius 1 is 0.897 bits per heavy atom. The molecule has 0 aliphatic carbocycles. The summed E-state index contributed by atoms with van der Waals surface area (Å²) >= 11 is 0. The second-order valence-electron chi connectivity index (χ2n) is 9.23. The summed E-state index contributed by atoms with van der Waals surface area (Å²) in [7, 11) is -2.13. The summed E-state index contributed by atoms with van der Waals surface area (Å²) in [6, 6.07) is 11.3. The van der Waals surface area contributed by atoms with Gasteiger partial charge in [-0.2, -0.15) is 0 Å². The summed E-state index contributed by atoms with van der Waals surface area (Å²) in [4.78, 5) is 13.1. The zero-order valence-corrected chi connectivity index (χ0v) is 20.3. The van der Waals surface area contributed by atoms with Crippen LogP contribution in [-0.2, 0) is 0 Å². The van der Waals surface area contributed by atoms with E-state index >= 15 is 0 Å². The third kappa shape index (κ3) is 5.42. The lowest BCUT2D eigenvalue weighted by molar-refractivity contribution is 0.0846. The van der Waals surface area contributed by atoms with Gasteiger partial charge < -0.3 is 18.3 Å². The fourth-order valence-electron chi connectivity index (χ4n) is 3.23. The SMILES string of the molecule is COc1ccc(C2CC(=O)c3c(cc(O[Si](C)(C)C)cc3O[Si](C)(C)C)O2)cc1. The van der Waals surface area contributed by atoms with E-state index in [9.17, 15) is 4.79 Å². The Kier molecular flexibility index (Phi) is 5.82. The van der Waals surface area contributed by atoms with Crippen LogP contribution in [0, 0.1) is 0 Å². The van der Waals surface area contributed by atoms with Crippen LogP contribution in [-0.4, -0.2) is 29.5 Å². The van der Waals surface area contributed by atoms with E-state index in [4.69, 9.17) is 18.3 Å². The fourth-order valence-corrected chi connectivity index (χ4v) is 4.87. The molecule has 0 N–H and O–H groups in total. The first-order valence-corrected chi connectivity index (χ1v) is 16.7. The predicted octanol–water partition coefficient (Wildman–Crippen LogP) is 5.83. The molecule has 1 atom stereocenters.